The second kappa shape index (κ2) is 1.50. The van der Waals surface area contributed by atoms with Gasteiger partial charge >= 0.3 is 0 Å². The van der Waals surface area contributed by atoms with Crippen molar-refractivity contribution < 1.29 is 9.63 Å². The Labute approximate surface area is 41.8 Å². The van der Waals surface area contributed by atoms with Gasteiger partial charge in [-0.3, -0.25) is 9.63 Å². The van der Waals surface area contributed by atoms with Gasteiger partial charge in [0.05, 0.1) is 13.0 Å². The fourth-order valence-electron chi connectivity index (χ4n) is 0.413. The van der Waals surface area contributed by atoms with Crippen LogP contribution in [0.5, 0.6) is 0 Å². The fraction of sp³-hybridized carbons (Fsp3) is 0.500. The minimum atomic E-state index is -0.153. The molecule has 1 fully saturated rings. The summed E-state index contributed by atoms with van der Waals surface area (Å²) < 4.78 is 0. The van der Waals surface area contributed by atoms with E-state index in [9.17, 15) is 4.79 Å². The quantitative estimate of drug-likeness (QED) is 0.421. The first-order chi connectivity index (χ1) is 3.30. The maximum atomic E-state index is 10.2. The minimum Gasteiger partial charge on any atom is -0.272 e. The van der Waals surface area contributed by atoms with Crippen molar-refractivity contribution in [3.63, 3.8) is 0 Å². The Morgan fingerprint density at radius 2 is 2.57 bits per heavy atom. The highest BCUT2D eigenvalue weighted by atomic mass is 16.7. The van der Waals surface area contributed by atoms with Crippen LogP contribution in [0.15, 0.2) is 0 Å². The molecule has 1 heterocycles. The molecule has 3 nitrogen and oxygen atoms in total. The van der Waals surface area contributed by atoms with E-state index in [0.29, 0.717) is 13.0 Å². The van der Waals surface area contributed by atoms with Crippen molar-refractivity contribution in [3.05, 3.63) is 7.05 Å². The third-order valence-corrected chi connectivity index (χ3v) is 0.792. The molecule has 0 unspecified atom stereocenters. The molecule has 0 saturated carbocycles. The van der Waals surface area contributed by atoms with E-state index in [2.05, 4.69) is 4.84 Å². The van der Waals surface area contributed by atoms with Gasteiger partial charge in [-0.1, -0.05) is 0 Å². The molecule has 0 spiro atoms. The zero-order valence-corrected chi connectivity index (χ0v) is 3.76. The van der Waals surface area contributed by atoms with Crippen molar-refractivity contribution in [2.75, 3.05) is 6.61 Å². The van der Waals surface area contributed by atoms with E-state index >= 15 is 0 Å². The predicted octanol–water partition coefficient (Wildman–Crippen LogP) is -0.181. The molecule has 38 valence electrons. The Bertz CT molecular complexity index is 91.7. The van der Waals surface area contributed by atoms with Gasteiger partial charge < -0.3 is 0 Å². The Morgan fingerprint density at radius 3 is 2.71 bits per heavy atom. The van der Waals surface area contributed by atoms with Gasteiger partial charge in [-0.2, -0.15) is 0 Å². The first-order valence-electron chi connectivity index (χ1n) is 2.01. The van der Waals surface area contributed by atoms with Crippen molar-refractivity contribution >= 4 is 5.91 Å². The summed E-state index contributed by atoms with van der Waals surface area (Å²) in [6, 6.07) is 0. The summed E-state index contributed by atoms with van der Waals surface area (Å²) >= 11 is 0. The maximum Gasteiger partial charge on any atom is 0.248 e. The molecule has 0 aromatic carbocycles. The highest BCUT2D eigenvalue weighted by Gasteiger charge is 2.16. The van der Waals surface area contributed by atoms with Gasteiger partial charge in [0, 0.05) is 0 Å². The molecule has 0 atom stereocenters. The lowest BCUT2D eigenvalue weighted by Gasteiger charge is -2.01. The number of amides is 1. The van der Waals surface area contributed by atoms with E-state index in [0.717, 1.165) is 5.06 Å². The monoisotopic (exact) mass is 99.0 g/mol. The van der Waals surface area contributed by atoms with Crippen molar-refractivity contribution in [2.24, 2.45) is 0 Å². The summed E-state index contributed by atoms with van der Waals surface area (Å²) in [5.74, 6) is -0.153. The molecule has 1 rings (SSSR count). The van der Waals surface area contributed by atoms with Gasteiger partial charge in [0.25, 0.3) is 0 Å². The van der Waals surface area contributed by atoms with E-state index in [1.807, 2.05) is 0 Å². The van der Waals surface area contributed by atoms with Crippen molar-refractivity contribution in [1.29, 1.82) is 0 Å². The normalized spacial score (nSPS) is 21.3. The van der Waals surface area contributed by atoms with Gasteiger partial charge in [-0.25, -0.2) is 5.06 Å². The lowest BCUT2D eigenvalue weighted by molar-refractivity contribution is -0.149. The minimum absolute atomic E-state index is 0.153. The van der Waals surface area contributed by atoms with Gasteiger partial charge in [0.15, 0.2) is 0 Å². The molecular formula is C4H5NO2. The Hall–Kier alpha value is -0.570. The van der Waals surface area contributed by atoms with Gasteiger partial charge in [0.2, 0.25) is 5.91 Å². The third-order valence-electron chi connectivity index (χ3n) is 0.792. The van der Waals surface area contributed by atoms with Crippen LogP contribution >= 0.6 is 0 Å². The molecule has 0 aromatic rings. The van der Waals surface area contributed by atoms with Gasteiger partial charge in [-0.05, 0) is 0 Å². The molecule has 1 aliphatic rings. The predicted molar refractivity (Wildman–Crippen MR) is 21.7 cm³/mol. The highest BCUT2D eigenvalue weighted by molar-refractivity contribution is 5.76. The molecule has 1 amide bonds. The van der Waals surface area contributed by atoms with Crippen molar-refractivity contribution in [3.8, 4) is 0 Å². The second-order valence-corrected chi connectivity index (χ2v) is 1.30. The van der Waals surface area contributed by atoms with E-state index in [-0.39, 0.29) is 5.91 Å². The molecule has 7 heavy (non-hydrogen) atoms. The number of rotatable bonds is 0. The first-order valence-corrected chi connectivity index (χ1v) is 2.01. The average molecular weight is 99.1 g/mol. The fourth-order valence-corrected chi connectivity index (χ4v) is 0.413. The largest absolute Gasteiger partial charge is 0.272 e. The molecule has 0 aliphatic carbocycles. The van der Waals surface area contributed by atoms with Crippen LogP contribution in [0.25, 0.3) is 0 Å². The van der Waals surface area contributed by atoms with Gasteiger partial charge in [-0.15, -0.1) is 0 Å². The maximum absolute atomic E-state index is 10.2. The summed E-state index contributed by atoms with van der Waals surface area (Å²) in [5.41, 5.74) is 0. The van der Waals surface area contributed by atoms with Gasteiger partial charge in [0.1, 0.15) is 7.05 Å². The van der Waals surface area contributed by atoms with E-state index in [1.54, 1.807) is 0 Å². The molecule has 0 aromatic heterocycles. The summed E-state index contributed by atoms with van der Waals surface area (Å²) in [4.78, 5) is 14.8. The lowest BCUT2D eigenvalue weighted by atomic mass is 10.5. The molecule has 2 radical (unpaired) electrons. The topological polar surface area (TPSA) is 29.5 Å². The molecule has 1 aliphatic heterocycles. The number of hydrogen-bond acceptors (Lipinski definition) is 2. The SMILES string of the molecule is [CH]N1OCCC1=O. The summed E-state index contributed by atoms with van der Waals surface area (Å²) in [5, 5.41) is 0.764. The second-order valence-electron chi connectivity index (χ2n) is 1.30. The standard InChI is InChI=1S/C4H5NO2/c1-5-4(6)2-3-7-5/h1H,2-3H2. The number of carbonyl (C=O) groups excluding carboxylic acids is 1. The lowest BCUT2D eigenvalue weighted by Crippen LogP contribution is -2.13. The summed E-state index contributed by atoms with van der Waals surface area (Å²) in [6.07, 6.45) is 0.413. The van der Waals surface area contributed by atoms with Crippen LogP contribution in [0, 0.1) is 7.05 Å². The number of hydrogen-bond donors (Lipinski definition) is 0. The van der Waals surface area contributed by atoms with Crippen LogP contribution in [0.2, 0.25) is 0 Å². The molecule has 1 saturated heterocycles. The van der Waals surface area contributed by atoms with E-state index < -0.39 is 0 Å². The third kappa shape index (κ3) is 0.718. The highest BCUT2D eigenvalue weighted by Crippen LogP contribution is 2.02. The van der Waals surface area contributed by atoms with Crippen LogP contribution in [0.1, 0.15) is 6.42 Å². The number of nitrogens with zero attached hydrogens (tertiary/aromatic N) is 1. The zero-order valence-electron chi connectivity index (χ0n) is 3.76. The number of carbonyl (C=O) groups is 1. The molecule has 0 N–H and O–H groups in total. The molecule has 3 heteroatoms. The van der Waals surface area contributed by atoms with Crippen LogP contribution in [-0.2, 0) is 9.63 Å². The van der Waals surface area contributed by atoms with Crippen LogP contribution in [0.4, 0.5) is 0 Å². The number of hydroxylamine groups is 2. The molecular weight excluding hydrogens is 94.0 g/mol. The van der Waals surface area contributed by atoms with Crippen LogP contribution in [0.3, 0.4) is 0 Å². The molecule has 0 bridgehead atoms. The van der Waals surface area contributed by atoms with E-state index in [4.69, 9.17) is 7.05 Å². The zero-order chi connectivity index (χ0) is 5.28. The smallest absolute Gasteiger partial charge is 0.248 e. The van der Waals surface area contributed by atoms with Crippen LogP contribution < -0.4 is 0 Å². The average Bonchev–Trinajstić information content (AvgIpc) is 1.91. The Kier molecular flexibility index (Phi) is 0.982. The summed E-state index contributed by atoms with van der Waals surface area (Å²) in [7, 11) is 4.94. The van der Waals surface area contributed by atoms with Crippen molar-refractivity contribution in [1.82, 2.24) is 5.06 Å². The van der Waals surface area contributed by atoms with Crippen LogP contribution in [-0.4, -0.2) is 17.6 Å². The van der Waals surface area contributed by atoms with Crippen molar-refractivity contribution in [2.45, 2.75) is 6.42 Å². The Morgan fingerprint density at radius 1 is 1.86 bits per heavy atom. The Balaban J connectivity index is 2.48. The summed E-state index contributed by atoms with van der Waals surface area (Å²) in [6.45, 7) is 0.426. The first kappa shape index (κ1) is 4.59. The van der Waals surface area contributed by atoms with E-state index in [1.165, 1.54) is 0 Å².